The monoisotopic (exact) mass is 311 g/mol. The molecule has 0 saturated heterocycles. The van der Waals surface area contributed by atoms with Gasteiger partial charge in [-0.25, -0.2) is 8.78 Å². The van der Waals surface area contributed by atoms with Gasteiger partial charge in [-0.05, 0) is 29.9 Å². The van der Waals surface area contributed by atoms with Crippen LogP contribution in [-0.2, 0) is 4.79 Å². The molecule has 0 heterocycles. The largest absolute Gasteiger partial charge is 0.391 e. The molecule has 0 radical (unpaired) electrons. The molecule has 0 aromatic heterocycles. The second-order valence-corrected chi connectivity index (χ2v) is 6.00. The third-order valence-corrected chi connectivity index (χ3v) is 4.57. The van der Waals surface area contributed by atoms with Gasteiger partial charge in [-0.2, -0.15) is 0 Å². The van der Waals surface area contributed by atoms with E-state index in [0.29, 0.717) is 12.0 Å². The molecule has 2 rings (SSSR count). The van der Waals surface area contributed by atoms with Crippen molar-refractivity contribution >= 4 is 5.91 Å². The molecule has 1 amide bonds. The van der Waals surface area contributed by atoms with Crippen LogP contribution in [0.1, 0.15) is 44.6 Å². The minimum Gasteiger partial charge on any atom is -0.391 e. The van der Waals surface area contributed by atoms with E-state index in [1.54, 1.807) is 0 Å². The predicted molar refractivity (Wildman–Crippen MR) is 80.3 cm³/mol. The van der Waals surface area contributed by atoms with Crippen LogP contribution < -0.4 is 5.32 Å². The first-order valence-corrected chi connectivity index (χ1v) is 7.88. The first kappa shape index (κ1) is 16.9. The number of nitrogens with one attached hydrogen (secondary N) is 1. The minimum absolute atomic E-state index is 0.168. The zero-order chi connectivity index (χ0) is 16.3. The number of amides is 1. The van der Waals surface area contributed by atoms with Crippen LogP contribution in [0.25, 0.3) is 0 Å². The molecule has 5 heteroatoms. The number of carbonyl (C=O) groups excluding carboxylic acids is 1. The third kappa shape index (κ3) is 3.83. The van der Waals surface area contributed by atoms with E-state index in [4.69, 9.17) is 0 Å². The van der Waals surface area contributed by atoms with Crippen molar-refractivity contribution in [3.05, 3.63) is 35.4 Å². The number of hydrogen-bond donors (Lipinski definition) is 2. The molecule has 1 aliphatic carbocycles. The summed E-state index contributed by atoms with van der Waals surface area (Å²) in [5.74, 6) is -1.68. The van der Waals surface area contributed by atoms with Gasteiger partial charge in [0.1, 0.15) is 11.6 Å². The Morgan fingerprint density at radius 3 is 2.64 bits per heavy atom. The van der Waals surface area contributed by atoms with Gasteiger partial charge in [0, 0.05) is 18.5 Å². The Morgan fingerprint density at radius 2 is 2.05 bits per heavy atom. The molecule has 122 valence electrons. The van der Waals surface area contributed by atoms with Gasteiger partial charge in [0.05, 0.1) is 6.10 Å². The number of halogens is 2. The number of aliphatic hydroxyl groups excluding tert-OH is 1. The summed E-state index contributed by atoms with van der Waals surface area (Å²) in [6.45, 7) is 4.24. The molecule has 0 spiro atoms. The fourth-order valence-corrected chi connectivity index (χ4v) is 2.97. The Bertz CT molecular complexity index is 531. The van der Waals surface area contributed by atoms with Gasteiger partial charge >= 0.3 is 0 Å². The lowest BCUT2D eigenvalue weighted by Gasteiger charge is -2.20. The molecule has 0 aliphatic heterocycles. The molecule has 1 fully saturated rings. The summed E-state index contributed by atoms with van der Waals surface area (Å²) in [6.07, 6.45) is 1.73. The zero-order valence-electron chi connectivity index (χ0n) is 13.0. The van der Waals surface area contributed by atoms with E-state index >= 15 is 0 Å². The Labute approximate surface area is 129 Å². The van der Waals surface area contributed by atoms with Gasteiger partial charge in [-0.1, -0.05) is 32.8 Å². The standard InChI is InChI=1S/C17H23F2NO2/c1-3-10(4-2)16(21)9-20-17(22)14-8-13(14)12-6-5-11(18)7-15(12)19/h5-7,10,13-14,16,21H,3-4,8-9H2,1-2H3,(H,20,22). The van der Waals surface area contributed by atoms with Gasteiger partial charge < -0.3 is 10.4 Å². The smallest absolute Gasteiger partial charge is 0.223 e. The molecule has 3 unspecified atom stereocenters. The van der Waals surface area contributed by atoms with Crippen LogP contribution in [0.3, 0.4) is 0 Å². The SMILES string of the molecule is CCC(CC)C(O)CNC(=O)C1CC1c1ccc(F)cc1F. The third-order valence-electron chi connectivity index (χ3n) is 4.57. The highest BCUT2D eigenvalue weighted by Gasteiger charge is 2.45. The van der Waals surface area contributed by atoms with Gasteiger partial charge in [0.25, 0.3) is 0 Å². The van der Waals surface area contributed by atoms with E-state index in [0.717, 1.165) is 18.9 Å². The molecular formula is C17H23F2NO2. The highest BCUT2D eigenvalue weighted by atomic mass is 19.1. The van der Waals surface area contributed by atoms with Crippen molar-refractivity contribution in [1.29, 1.82) is 0 Å². The summed E-state index contributed by atoms with van der Waals surface area (Å²) in [4.78, 5) is 12.1. The lowest BCUT2D eigenvalue weighted by atomic mass is 9.96. The number of aliphatic hydroxyl groups is 1. The highest BCUT2D eigenvalue weighted by Crippen LogP contribution is 2.48. The Morgan fingerprint density at radius 1 is 1.36 bits per heavy atom. The number of benzene rings is 1. The van der Waals surface area contributed by atoms with Crippen LogP contribution in [0.5, 0.6) is 0 Å². The van der Waals surface area contributed by atoms with Crippen LogP contribution in [0, 0.1) is 23.5 Å². The van der Waals surface area contributed by atoms with Gasteiger partial charge in [0.2, 0.25) is 5.91 Å². The van der Waals surface area contributed by atoms with E-state index in [1.807, 2.05) is 13.8 Å². The quantitative estimate of drug-likeness (QED) is 0.813. The Kier molecular flexibility index (Phi) is 5.51. The van der Waals surface area contributed by atoms with Crippen molar-refractivity contribution in [2.75, 3.05) is 6.54 Å². The average Bonchev–Trinajstić information content (AvgIpc) is 3.26. The number of carbonyl (C=O) groups is 1. The van der Waals surface area contributed by atoms with Crippen LogP contribution in [0.4, 0.5) is 8.78 Å². The highest BCUT2D eigenvalue weighted by molar-refractivity contribution is 5.82. The molecular weight excluding hydrogens is 288 g/mol. The van der Waals surface area contributed by atoms with E-state index in [9.17, 15) is 18.7 Å². The summed E-state index contributed by atoms with van der Waals surface area (Å²) in [5.41, 5.74) is 0.391. The van der Waals surface area contributed by atoms with Crippen molar-refractivity contribution in [2.24, 2.45) is 11.8 Å². The van der Waals surface area contributed by atoms with Crippen LogP contribution in [0.15, 0.2) is 18.2 Å². The Hall–Kier alpha value is -1.49. The zero-order valence-corrected chi connectivity index (χ0v) is 13.0. The van der Waals surface area contributed by atoms with Crippen molar-refractivity contribution in [2.45, 2.75) is 45.1 Å². The van der Waals surface area contributed by atoms with Crippen molar-refractivity contribution < 1.29 is 18.7 Å². The number of hydrogen-bond acceptors (Lipinski definition) is 2. The second kappa shape index (κ2) is 7.18. The lowest BCUT2D eigenvalue weighted by Crippen LogP contribution is -2.37. The fourth-order valence-electron chi connectivity index (χ4n) is 2.97. The second-order valence-electron chi connectivity index (χ2n) is 6.00. The van der Waals surface area contributed by atoms with Crippen LogP contribution >= 0.6 is 0 Å². The maximum absolute atomic E-state index is 13.7. The van der Waals surface area contributed by atoms with E-state index in [-0.39, 0.29) is 30.2 Å². The van der Waals surface area contributed by atoms with Crippen molar-refractivity contribution in [3.8, 4) is 0 Å². The fraction of sp³-hybridized carbons (Fsp3) is 0.588. The van der Waals surface area contributed by atoms with Crippen LogP contribution in [0.2, 0.25) is 0 Å². The molecule has 1 aromatic rings. The topological polar surface area (TPSA) is 49.3 Å². The van der Waals surface area contributed by atoms with Crippen molar-refractivity contribution in [3.63, 3.8) is 0 Å². The maximum atomic E-state index is 13.7. The van der Waals surface area contributed by atoms with Gasteiger partial charge in [-0.15, -0.1) is 0 Å². The first-order valence-electron chi connectivity index (χ1n) is 7.88. The molecule has 1 aliphatic rings. The predicted octanol–water partition coefficient (Wildman–Crippen LogP) is 2.98. The lowest BCUT2D eigenvalue weighted by molar-refractivity contribution is -0.123. The number of rotatable bonds is 7. The van der Waals surface area contributed by atoms with Gasteiger partial charge in [-0.3, -0.25) is 4.79 Å². The van der Waals surface area contributed by atoms with E-state index in [2.05, 4.69) is 5.32 Å². The van der Waals surface area contributed by atoms with E-state index < -0.39 is 17.7 Å². The summed E-state index contributed by atoms with van der Waals surface area (Å²) in [6, 6.07) is 3.46. The maximum Gasteiger partial charge on any atom is 0.223 e. The summed E-state index contributed by atoms with van der Waals surface area (Å²) in [7, 11) is 0. The summed E-state index contributed by atoms with van der Waals surface area (Å²) in [5, 5.41) is 12.7. The Balaban J connectivity index is 1.86. The average molecular weight is 311 g/mol. The molecule has 3 nitrogen and oxygen atoms in total. The first-order chi connectivity index (χ1) is 10.5. The van der Waals surface area contributed by atoms with Crippen molar-refractivity contribution in [1.82, 2.24) is 5.32 Å². The minimum atomic E-state index is -0.615. The van der Waals surface area contributed by atoms with Crippen LogP contribution in [-0.4, -0.2) is 23.7 Å². The summed E-state index contributed by atoms with van der Waals surface area (Å²) < 4.78 is 26.6. The molecule has 0 bridgehead atoms. The molecule has 1 saturated carbocycles. The molecule has 2 N–H and O–H groups in total. The van der Waals surface area contributed by atoms with E-state index in [1.165, 1.54) is 12.1 Å². The molecule has 22 heavy (non-hydrogen) atoms. The van der Waals surface area contributed by atoms with Gasteiger partial charge in [0.15, 0.2) is 0 Å². The normalized spacial score (nSPS) is 21.7. The molecule has 1 aromatic carbocycles. The molecule has 3 atom stereocenters. The summed E-state index contributed by atoms with van der Waals surface area (Å²) >= 11 is 0.